The molecule has 0 aromatic carbocycles. The molecule has 7 nitrogen and oxygen atoms in total. The average molecular weight is 268 g/mol. The number of aliphatic hydroxyl groups excluding tert-OH is 1. The maximum absolute atomic E-state index is 11.2. The second kappa shape index (κ2) is 5.56. The highest BCUT2D eigenvalue weighted by Crippen LogP contribution is 2.34. The second-order valence-corrected chi connectivity index (χ2v) is 4.94. The fourth-order valence-corrected chi connectivity index (χ4v) is 2.63. The third-order valence-electron chi connectivity index (χ3n) is 3.72. The fourth-order valence-electron chi connectivity index (χ4n) is 2.63. The van der Waals surface area contributed by atoms with Crippen molar-refractivity contribution in [1.29, 1.82) is 0 Å². The van der Waals surface area contributed by atoms with E-state index in [1.54, 1.807) is 11.6 Å². The molecule has 0 spiro atoms. The van der Waals surface area contributed by atoms with Crippen molar-refractivity contribution >= 4 is 11.5 Å². The van der Waals surface area contributed by atoms with E-state index in [-0.39, 0.29) is 17.2 Å². The van der Waals surface area contributed by atoms with E-state index >= 15 is 0 Å². The van der Waals surface area contributed by atoms with E-state index in [9.17, 15) is 10.1 Å². The minimum Gasteiger partial charge on any atom is -0.396 e. The van der Waals surface area contributed by atoms with E-state index in [4.69, 9.17) is 5.11 Å². The van der Waals surface area contributed by atoms with Gasteiger partial charge in [0, 0.05) is 26.2 Å². The first-order valence-corrected chi connectivity index (χ1v) is 6.66. The smallest absolute Gasteiger partial charge is 0.333 e. The number of hydrogen-bond acceptors (Lipinski definition) is 5. The van der Waals surface area contributed by atoms with Crippen molar-refractivity contribution in [1.82, 2.24) is 9.78 Å². The Morgan fingerprint density at radius 2 is 2.11 bits per heavy atom. The summed E-state index contributed by atoms with van der Waals surface area (Å²) in [6.07, 6.45) is 1.73. The van der Waals surface area contributed by atoms with Crippen LogP contribution in [0.15, 0.2) is 0 Å². The van der Waals surface area contributed by atoms with Crippen molar-refractivity contribution in [2.24, 2.45) is 5.92 Å². The van der Waals surface area contributed by atoms with Gasteiger partial charge in [0.2, 0.25) is 5.82 Å². The van der Waals surface area contributed by atoms with E-state index in [1.807, 2.05) is 11.8 Å². The van der Waals surface area contributed by atoms with Crippen molar-refractivity contribution < 1.29 is 10.0 Å². The predicted octanol–water partition coefficient (Wildman–Crippen LogP) is 1.33. The van der Waals surface area contributed by atoms with Gasteiger partial charge in [0.25, 0.3) is 0 Å². The van der Waals surface area contributed by atoms with Gasteiger partial charge in [-0.1, -0.05) is 0 Å². The quantitative estimate of drug-likeness (QED) is 0.657. The molecule has 7 heteroatoms. The highest BCUT2D eigenvalue weighted by atomic mass is 16.6. The molecule has 1 aromatic rings. The lowest BCUT2D eigenvalue weighted by molar-refractivity contribution is -0.384. The summed E-state index contributed by atoms with van der Waals surface area (Å²) < 4.78 is 1.70. The topological polar surface area (TPSA) is 84.4 Å². The number of nitro groups is 1. The summed E-state index contributed by atoms with van der Waals surface area (Å²) in [6, 6.07) is 0. The summed E-state index contributed by atoms with van der Waals surface area (Å²) in [5.74, 6) is 0.927. The van der Waals surface area contributed by atoms with Gasteiger partial charge < -0.3 is 10.0 Å². The van der Waals surface area contributed by atoms with Crippen LogP contribution in [0.5, 0.6) is 0 Å². The number of aliphatic hydroxyl groups is 1. The lowest BCUT2D eigenvalue weighted by Gasteiger charge is -2.32. The van der Waals surface area contributed by atoms with Gasteiger partial charge in [-0.2, -0.15) is 5.10 Å². The van der Waals surface area contributed by atoms with Crippen molar-refractivity contribution in [3.63, 3.8) is 0 Å². The number of aromatic nitrogens is 2. The minimum atomic E-state index is -0.345. The molecule has 1 aliphatic rings. The van der Waals surface area contributed by atoms with E-state index in [0.717, 1.165) is 25.9 Å². The first-order valence-electron chi connectivity index (χ1n) is 6.66. The van der Waals surface area contributed by atoms with Gasteiger partial charge in [0.1, 0.15) is 5.69 Å². The Balaban J connectivity index is 2.31. The zero-order chi connectivity index (χ0) is 14.0. The van der Waals surface area contributed by atoms with Crippen molar-refractivity contribution in [3.8, 4) is 0 Å². The van der Waals surface area contributed by atoms with E-state index in [2.05, 4.69) is 5.10 Å². The summed E-state index contributed by atoms with van der Waals surface area (Å²) in [5.41, 5.74) is 0.579. The van der Waals surface area contributed by atoms with Crippen molar-refractivity contribution in [2.75, 3.05) is 24.6 Å². The lowest BCUT2D eigenvalue weighted by Crippen LogP contribution is -2.36. The van der Waals surface area contributed by atoms with Crippen molar-refractivity contribution in [2.45, 2.75) is 33.2 Å². The molecule has 19 heavy (non-hydrogen) atoms. The minimum absolute atomic E-state index is 0.115. The Kier molecular flexibility index (Phi) is 4.04. The maximum Gasteiger partial charge on any atom is 0.333 e. The average Bonchev–Trinajstić information content (AvgIpc) is 2.75. The molecule has 0 radical (unpaired) electrons. The highest BCUT2D eigenvalue weighted by molar-refractivity contribution is 5.61. The molecular weight excluding hydrogens is 248 g/mol. The van der Waals surface area contributed by atoms with Gasteiger partial charge in [-0.25, -0.2) is 4.68 Å². The molecule has 0 bridgehead atoms. The zero-order valence-electron chi connectivity index (χ0n) is 11.4. The standard InChI is InChI=1S/C12H20N4O3/c1-3-15-12(11(16(18)19)9(2)13-15)14-6-4-10(8-17)5-7-14/h10,17H,3-8H2,1-2H3. The molecule has 106 valence electrons. The molecule has 0 aliphatic carbocycles. The fraction of sp³-hybridized carbons (Fsp3) is 0.750. The Morgan fingerprint density at radius 1 is 1.47 bits per heavy atom. The molecule has 1 saturated heterocycles. The molecule has 0 unspecified atom stereocenters. The SMILES string of the molecule is CCn1nc(C)c([N+](=O)[O-])c1N1CCC(CO)CC1. The van der Waals surface area contributed by atoms with Crippen LogP contribution in [0.2, 0.25) is 0 Å². The predicted molar refractivity (Wildman–Crippen MR) is 71.3 cm³/mol. The normalized spacial score (nSPS) is 16.9. The highest BCUT2D eigenvalue weighted by Gasteiger charge is 2.31. The van der Waals surface area contributed by atoms with E-state index in [1.165, 1.54) is 0 Å². The maximum atomic E-state index is 11.2. The van der Waals surface area contributed by atoms with Crippen LogP contribution in [-0.2, 0) is 6.54 Å². The van der Waals surface area contributed by atoms with Crippen LogP contribution in [0, 0.1) is 23.0 Å². The number of anilines is 1. The molecule has 2 rings (SSSR count). The second-order valence-electron chi connectivity index (χ2n) is 4.94. The van der Waals surface area contributed by atoms with Crippen LogP contribution >= 0.6 is 0 Å². The summed E-state index contributed by atoms with van der Waals surface area (Å²) in [6.45, 7) is 5.88. The Morgan fingerprint density at radius 3 is 2.58 bits per heavy atom. The van der Waals surface area contributed by atoms with Gasteiger partial charge in [-0.3, -0.25) is 10.1 Å². The first kappa shape index (κ1) is 13.8. The van der Waals surface area contributed by atoms with Gasteiger partial charge >= 0.3 is 5.69 Å². The lowest BCUT2D eigenvalue weighted by atomic mass is 9.98. The van der Waals surface area contributed by atoms with Crippen LogP contribution in [0.4, 0.5) is 11.5 Å². The van der Waals surface area contributed by atoms with Gasteiger partial charge in [-0.05, 0) is 32.6 Å². The molecule has 1 N–H and O–H groups in total. The van der Waals surface area contributed by atoms with Gasteiger partial charge in [0.05, 0.1) is 4.92 Å². The molecule has 0 amide bonds. The molecule has 0 atom stereocenters. The Labute approximate surface area is 112 Å². The van der Waals surface area contributed by atoms with Gasteiger partial charge in [-0.15, -0.1) is 0 Å². The van der Waals surface area contributed by atoms with E-state index < -0.39 is 0 Å². The van der Waals surface area contributed by atoms with Crippen LogP contribution in [-0.4, -0.2) is 39.5 Å². The largest absolute Gasteiger partial charge is 0.396 e. The number of hydrogen-bond donors (Lipinski definition) is 1. The van der Waals surface area contributed by atoms with Crippen LogP contribution in [0.25, 0.3) is 0 Å². The molecular formula is C12H20N4O3. The molecule has 1 aliphatic heterocycles. The van der Waals surface area contributed by atoms with Gasteiger partial charge in [0.15, 0.2) is 0 Å². The first-order chi connectivity index (χ1) is 9.08. The molecule has 1 aromatic heterocycles. The number of aryl methyl sites for hydroxylation is 2. The number of piperidine rings is 1. The zero-order valence-corrected chi connectivity index (χ0v) is 11.4. The Hall–Kier alpha value is -1.63. The molecule has 1 fully saturated rings. The number of rotatable bonds is 4. The van der Waals surface area contributed by atoms with Crippen LogP contribution in [0.3, 0.4) is 0 Å². The summed E-state index contributed by atoms with van der Waals surface area (Å²) >= 11 is 0. The van der Waals surface area contributed by atoms with E-state index in [0.29, 0.717) is 24.0 Å². The Bertz CT molecular complexity index is 464. The third-order valence-corrected chi connectivity index (χ3v) is 3.72. The van der Waals surface area contributed by atoms with Crippen LogP contribution in [0.1, 0.15) is 25.5 Å². The van der Waals surface area contributed by atoms with Crippen LogP contribution < -0.4 is 4.90 Å². The third kappa shape index (κ3) is 2.56. The monoisotopic (exact) mass is 268 g/mol. The summed E-state index contributed by atoms with van der Waals surface area (Å²) in [4.78, 5) is 12.9. The molecule has 2 heterocycles. The van der Waals surface area contributed by atoms with Crippen molar-refractivity contribution in [3.05, 3.63) is 15.8 Å². The molecule has 0 saturated carbocycles. The number of nitrogens with zero attached hydrogens (tertiary/aromatic N) is 4. The summed E-state index contributed by atoms with van der Waals surface area (Å²) in [5, 5.41) is 24.6. The summed E-state index contributed by atoms with van der Waals surface area (Å²) in [7, 11) is 0.